The molecule has 1 heterocycles. The minimum Gasteiger partial charge on any atom is -0.481 e. The van der Waals surface area contributed by atoms with Gasteiger partial charge in [0.05, 0.1) is 12.2 Å². The molecule has 1 aliphatic carbocycles. The van der Waals surface area contributed by atoms with Crippen LogP contribution in [0.2, 0.25) is 0 Å². The monoisotopic (exact) mass is 265 g/mol. The van der Waals surface area contributed by atoms with Gasteiger partial charge in [0, 0.05) is 31.1 Å². The van der Waals surface area contributed by atoms with E-state index in [0.717, 1.165) is 24.8 Å². The molecule has 1 aromatic rings. The number of hydrogen-bond acceptors (Lipinski definition) is 3. The van der Waals surface area contributed by atoms with E-state index in [1.807, 2.05) is 17.9 Å². The third-order valence-electron chi connectivity index (χ3n) is 3.51. The van der Waals surface area contributed by atoms with E-state index in [9.17, 15) is 9.59 Å². The molecule has 0 spiro atoms. The molecule has 0 fully saturated rings. The number of aliphatic carboxylic acids is 1. The molecule has 0 aromatic carbocycles. The van der Waals surface area contributed by atoms with Gasteiger partial charge in [-0.1, -0.05) is 0 Å². The van der Waals surface area contributed by atoms with Crippen molar-refractivity contribution < 1.29 is 14.7 Å². The molecule has 6 heteroatoms. The van der Waals surface area contributed by atoms with Crippen LogP contribution in [-0.4, -0.2) is 26.8 Å². The molecule has 2 rings (SSSR count). The van der Waals surface area contributed by atoms with E-state index in [2.05, 4.69) is 10.4 Å². The van der Waals surface area contributed by atoms with Gasteiger partial charge in [0.15, 0.2) is 0 Å². The van der Waals surface area contributed by atoms with Crippen LogP contribution in [-0.2, 0) is 23.1 Å². The van der Waals surface area contributed by atoms with Gasteiger partial charge in [-0.25, -0.2) is 0 Å². The van der Waals surface area contributed by atoms with Crippen molar-refractivity contribution in [2.45, 2.75) is 44.6 Å². The van der Waals surface area contributed by atoms with Crippen molar-refractivity contribution in [1.29, 1.82) is 0 Å². The molecule has 1 unspecified atom stereocenters. The molecule has 0 bridgehead atoms. The Morgan fingerprint density at radius 3 is 3.05 bits per heavy atom. The maximum absolute atomic E-state index is 11.8. The van der Waals surface area contributed by atoms with Gasteiger partial charge in [0.25, 0.3) is 0 Å². The Balaban J connectivity index is 1.90. The van der Waals surface area contributed by atoms with Gasteiger partial charge in [-0.2, -0.15) is 5.10 Å². The van der Waals surface area contributed by atoms with Gasteiger partial charge >= 0.3 is 5.97 Å². The summed E-state index contributed by atoms with van der Waals surface area (Å²) < 4.78 is 1.86. The van der Waals surface area contributed by atoms with Crippen LogP contribution >= 0.6 is 0 Å². The summed E-state index contributed by atoms with van der Waals surface area (Å²) in [6.07, 6.45) is 5.45. The van der Waals surface area contributed by atoms with Gasteiger partial charge in [0.2, 0.25) is 5.91 Å². The van der Waals surface area contributed by atoms with Crippen molar-refractivity contribution in [3.63, 3.8) is 0 Å². The van der Waals surface area contributed by atoms with E-state index in [4.69, 9.17) is 5.11 Å². The van der Waals surface area contributed by atoms with Gasteiger partial charge in [-0.3, -0.25) is 14.3 Å². The number of amides is 1. The molecular weight excluding hydrogens is 246 g/mol. The first-order valence-electron chi connectivity index (χ1n) is 6.60. The summed E-state index contributed by atoms with van der Waals surface area (Å²) in [5.74, 6) is -0.942. The third-order valence-corrected chi connectivity index (χ3v) is 3.51. The lowest BCUT2D eigenvalue weighted by Crippen LogP contribution is -2.30. The summed E-state index contributed by atoms with van der Waals surface area (Å²) in [7, 11) is 1.91. The van der Waals surface area contributed by atoms with Gasteiger partial charge in [-0.15, -0.1) is 0 Å². The van der Waals surface area contributed by atoms with E-state index in [1.165, 1.54) is 5.69 Å². The molecule has 1 aromatic heterocycles. The zero-order valence-electron chi connectivity index (χ0n) is 11.1. The van der Waals surface area contributed by atoms with Crippen molar-refractivity contribution in [3.05, 3.63) is 17.5 Å². The number of rotatable bonds is 5. The van der Waals surface area contributed by atoms with Crippen LogP contribution < -0.4 is 5.32 Å². The molecule has 1 aliphatic rings. The minimum atomic E-state index is -0.861. The zero-order chi connectivity index (χ0) is 13.8. The maximum atomic E-state index is 11.8. The number of carbonyl (C=O) groups is 2. The molecule has 2 N–H and O–H groups in total. The Hall–Kier alpha value is -1.85. The molecule has 1 atom stereocenters. The predicted molar refractivity (Wildman–Crippen MR) is 68.5 cm³/mol. The standard InChI is InChI=1S/C13H19N3O3/c1-16-11-5-2-4-10(9(11)8-14-16)15-12(17)6-3-7-13(18)19/h8,10H,2-7H2,1H3,(H,15,17)(H,18,19). The van der Waals surface area contributed by atoms with Gasteiger partial charge in [-0.05, 0) is 25.7 Å². The smallest absolute Gasteiger partial charge is 0.303 e. The fourth-order valence-electron chi connectivity index (χ4n) is 2.52. The highest BCUT2D eigenvalue weighted by molar-refractivity contribution is 5.77. The summed E-state index contributed by atoms with van der Waals surface area (Å²) in [5.41, 5.74) is 2.28. The lowest BCUT2D eigenvalue weighted by atomic mass is 9.93. The summed E-state index contributed by atoms with van der Waals surface area (Å²) >= 11 is 0. The molecule has 1 amide bonds. The van der Waals surface area contributed by atoms with Crippen LogP contribution in [0, 0.1) is 0 Å². The molecule has 0 saturated heterocycles. The van der Waals surface area contributed by atoms with Crippen LogP contribution in [0.5, 0.6) is 0 Å². The predicted octanol–water partition coefficient (Wildman–Crippen LogP) is 1.17. The highest BCUT2D eigenvalue weighted by Gasteiger charge is 2.24. The van der Waals surface area contributed by atoms with E-state index in [0.29, 0.717) is 6.42 Å². The van der Waals surface area contributed by atoms with E-state index < -0.39 is 5.97 Å². The highest BCUT2D eigenvalue weighted by Crippen LogP contribution is 2.29. The van der Waals surface area contributed by atoms with Crippen LogP contribution in [0.25, 0.3) is 0 Å². The van der Waals surface area contributed by atoms with Gasteiger partial charge < -0.3 is 10.4 Å². The second kappa shape index (κ2) is 5.86. The number of carboxylic acid groups (broad SMARTS) is 1. The third kappa shape index (κ3) is 3.33. The Morgan fingerprint density at radius 2 is 2.32 bits per heavy atom. The number of nitrogens with zero attached hydrogens (tertiary/aromatic N) is 2. The molecule has 104 valence electrons. The normalized spacial score (nSPS) is 17.8. The first-order valence-corrected chi connectivity index (χ1v) is 6.60. The number of carbonyl (C=O) groups excluding carboxylic acids is 1. The first-order chi connectivity index (χ1) is 9.08. The summed E-state index contributed by atoms with van der Waals surface area (Å²) in [5, 5.41) is 15.7. The Labute approximate surface area is 111 Å². The molecule has 0 saturated carbocycles. The number of hydrogen-bond donors (Lipinski definition) is 2. The topological polar surface area (TPSA) is 84.2 Å². The van der Waals surface area contributed by atoms with Crippen LogP contribution in [0.1, 0.15) is 49.4 Å². The van der Waals surface area contributed by atoms with Crippen molar-refractivity contribution in [3.8, 4) is 0 Å². The van der Waals surface area contributed by atoms with Gasteiger partial charge in [0.1, 0.15) is 0 Å². The lowest BCUT2D eigenvalue weighted by Gasteiger charge is -2.23. The lowest BCUT2D eigenvalue weighted by molar-refractivity contribution is -0.137. The average Bonchev–Trinajstić information content (AvgIpc) is 2.72. The van der Waals surface area contributed by atoms with Crippen LogP contribution in [0.4, 0.5) is 0 Å². The molecule has 0 aliphatic heterocycles. The average molecular weight is 265 g/mol. The van der Waals surface area contributed by atoms with Crippen molar-refractivity contribution in [2.75, 3.05) is 0 Å². The van der Waals surface area contributed by atoms with Crippen molar-refractivity contribution >= 4 is 11.9 Å². The Kier molecular flexibility index (Phi) is 4.19. The second-order valence-electron chi connectivity index (χ2n) is 4.93. The molecular formula is C13H19N3O3. The van der Waals surface area contributed by atoms with Crippen molar-refractivity contribution in [2.24, 2.45) is 7.05 Å². The van der Waals surface area contributed by atoms with Crippen LogP contribution in [0.3, 0.4) is 0 Å². The number of carboxylic acids is 1. The molecule has 6 nitrogen and oxygen atoms in total. The number of aryl methyl sites for hydroxylation is 1. The first kappa shape index (κ1) is 13.6. The minimum absolute atomic E-state index is 0.0229. The van der Waals surface area contributed by atoms with Crippen LogP contribution in [0.15, 0.2) is 6.20 Å². The van der Waals surface area contributed by atoms with E-state index in [1.54, 1.807) is 0 Å². The molecule has 19 heavy (non-hydrogen) atoms. The number of aromatic nitrogens is 2. The maximum Gasteiger partial charge on any atom is 0.303 e. The quantitative estimate of drug-likeness (QED) is 0.837. The second-order valence-corrected chi connectivity index (χ2v) is 4.93. The Morgan fingerprint density at radius 1 is 1.53 bits per heavy atom. The van der Waals surface area contributed by atoms with E-state index in [-0.39, 0.29) is 24.8 Å². The highest BCUT2D eigenvalue weighted by atomic mass is 16.4. The van der Waals surface area contributed by atoms with Crippen molar-refractivity contribution in [1.82, 2.24) is 15.1 Å². The zero-order valence-corrected chi connectivity index (χ0v) is 11.1. The largest absolute Gasteiger partial charge is 0.481 e. The number of fused-ring (bicyclic) bond motifs is 1. The fourth-order valence-corrected chi connectivity index (χ4v) is 2.52. The summed E-state index contributed by atoms with van der Waals surface area (Å²) in [6, 6.07) is 0.0229. The SMILES string of the molecule is Cn1ncc2c1CCCC2NC(=O)CCCC(=O)O. The Bertz CT molecular complexity index is 481. The summed E-state index contributed by atoms with van der Waals surface area (Å²) in [6.45, 7) is 0. The summed E-state index contributed by atoms with van der Waals surface area (Å²) in [4.78, 5) is 22.2. The molecule has 0 radical (unpaired) electrons. The van der Waals surface area contributed by atoms with E-state index >= 15 is 0 Å². The number of nitrogens with one attached hydrogen (secondary N) is 1. The fraction of sp³-hybridized carbons (Fsp3) is 0.615.